The minimum Gasteiger partial charge on any atom is -0.358 e. The molecule has 0 atom stereocenters. The summed E-state index contributed by atoms with van der Waals surface area (Å²) >= 11 is 0. The molecule has 1 aromatic carbocycles. The third kappa shape index (κ3) is 1.66. The number of hydrogen-bond donors (Lipinski definition) is 2. The van der Waals surface area contributed by atoms with Gasteiger partial charge < -0.3 is 10.3 Å². The van der Waals surface area contributed by atoms with Crippen LogP contribution in [0.15, 0.2) is 42.7 Å². The molecule has 0 amide bonds. The molecule has 0 bridgehead atoms. The van der Waals surface area contributed by atoms with Crippen molar-refractivity contribution in [2.75, 3.05) is 6.54 Å². The lowest BCUT2D eigenvalue weighted by Crippen LogP contribution is -2.22. The van der Waals surface area contributed by atoms with Gasteiger partial charge in [0.25, 0.3) is 0 Å². The summed E-state index contributed by atoms with van der Waals surface area (Å²) < 4.78 is 0. The average molecular weight is 249 g/mol. The van der Waals surface area contributed by atoms with Crippen LogP contribution in [0.25, 0.3) is 22.0 Å². The van der Waals surface area contributed by atoms with Gasteiger partial charge in [0.1, 0.15) is 0 Å². The quantitative estimate of drug-likeness (QED) is 0.696. The van der Waals surface area contributed by atoms with E-state index >= 15 is 0 Å². The molecule has 0 aliphatic carbocycles. The SMILES string of the molecule is c1cc(-c2ccncc2)c2[nH]c3c(c2c1)CNCC3. The zero-order chi connectivity index (χ0) is 12.7. The summed E-state index contributed by atoms with van der Waals surface area (Å²) in [5.41, 5.74) is 6.54. The fraction of sp³-hybridized carbons (Fsp3) is 0.188. The van der Waals surface area contributed by atoms with Crippen LogP contribution >= 0.6 is 0 Å². The molecule has 3 heteroatoms. The number of aromatic nitrogens is 2. The fourth-order valence-corrected chi connectivity index (χ4v) is 2.94. The van der Waals surface area contributed by atoms with Crippen LogP contribution < -0.4 is 5.32 Å². The molecule has 1 aliphatic rings. The zero-order valence-electron chi connectivity index (χ0n) is 10.6. The molecule has 0 unspecified atom stereocenters. The van der Waals surface area contributed by atoms with Crippen LogP contribution in [0, 0.1) is 0 Å². The fourth-order valence-electron chi connectivity index (χ4n) is 2.94. The number of para-hydroxylation sites is 1. The Bertz CT molecular complexity index is 728. The summed E-state index contributed by atoms with van der Waals surface area (Å²) in [6.45, 7) is 2.03. The lowest BCUT2D eigenvalue weighted by Gasteiger charge is -2.12. The monoisotopic (exact) mass is 249 g/mol. The van der Waals surface area contributed by atoms with Crippen molar-refractivity contribution in [1.82, 2.24) is 15.3 Å². The van der Waals surface area contributed by atoms with Gasteiger partial charge in [-0.1, -0.05) is 18.2 Å². The van der Waals surface area contributed by atoms with E-state index < -0.39 is 0 Å². The van der Waals surface area contributed by atoms with E-state index in [4.69, 9.17) is 0 Å². The van der Waals surface area contributed by atoms with Crippen molar-refractivity contribution >= 4 is 10.9 Å². The minimum absolute atomic E-state index is 0.967. The Morgan fingerprint density at radius 2 is 1.95 bits per heavy atom. The molecule has 3 aromatic rings. The zero-order valence-corrected chi connectivity index (χ0v) is 10.6. The predicted molar refractivity (Wildman–Crippen MR) is 76.9 cm³/mol. The average Bonchev–Trinajstić information content (AvgIpc) is 2.87. The van der Waals surface area contributed by atoms with E-state index in [2.05, 4.69) is 45.6 Å². The number of pyridine rings is 1. The van der Waals surface area contributed by atoms with Crippen LogP contribution in [0.4, 0.5) is 0 Å². The van der Waals surface area contributed by atoms with Gasteiger partial charge in [-0.25, -0.2) is 0 Å². The largest absolute Gasteiger partial charge is 0.358 e. The second-order valence-electron chi connectivity index (χ2n) is 4.97. The number of H-pyrrole nitrogens is 1. The number of nitrogens with one attached hydrogen (secondary N) is 2. The number of rotatable bonds is 1. The number of benzene rings is 1. The van der Waals surface area contributed by atoms with E-state index in [1.165, 1.54) is 33.3 Å². The van der Waals surface area contributed by atoms with Crippen molar-refractivity contribution in [2.24, 2.45) is 0 Å². The van der Waals surface area contributed by atoms with Crippen molar-refractivity contribution in [2.45, 2.75) is 13.0 Å². The molecule has 2 N–H and O–H groups in total. The van der Waals surface area contributed by atoms with Crippen LogP contribution in [0.1, 0.15) is 11.3 Å². The maximum atomic E-state index is 4.10. The highest BCUT2D eigenvalue weighted by atomic mass is 14.9. The second kappa shape index (κ2) is 4.21. The number of fused-ring (bicyclic) bond motifs is 3. The highest BCUT2D eigenvalue weighted by Crippen LogP contribution is 2.32. The van der Waals surface area contributed by atoms with E-state index in [9.17, 15) is 0 Å². The first kappa shape index (κ1) is 10.8. The molecule has 1 aliphatic heterocycles. The lowest BCUT2D eigenvalue weighted by molar-refractivity contribution is 0.641. The molecule has 0 saturated carbocycles. The van der Waals surface area contributed by atoms with Crippen molar-refractivity contribution in [3.63, 3.8) is 0 Å². The van der Waals surface area contributed by atoms with Crippen LogP contribution in [0.3, 0.4) is 0 Å². The normalized spacial score (nSPS) is 14.5. The summed E-state index contributed by atoms with van der Waals surface area (Å²) in [6.07, 6.45) is 4.77. The topological polar surface area (TPSA) is 40.7 Å². The Kier molecular flexibility index (Phi) is 2.38. The lowest BCUT2D eigenvalue weighted by atomic mass is 10.0. The predicted octanol–water partition coefficient (Wildman–Crippen LogP) is 2.88. The molecule has 0 radical (unpaired) electrons. The highest BCUT2D eigenvalue weighted by molar-refractivity contribution is 5.97. The summed E-state index contributed by atoms with van der Waals surface area (Å²) in [4.78, 5) is 7.72. The van der Waals surface area contributed by atoms with Crippen molar-refractivity contribution in [3.05, 3.63) is 54.0 Å². The molecule has 3 heterocycles. The standard InChI is InChI=1S/C16H15N3/c1-2-12(11-4-7-17-8-5-11)16-13(3-1)14-10-18-9-6-15(14)19-16/h1-5,7-8,18-19H,6,9-10H2. The van der Waals surface area contributed by atoms with E-state index in [-0.39, 0.29) is 0 Å². The summed E-state index contributed by atoms with van der Waals surface area (Å²) in [5.74, 6) is 0. The molecular formula is C16H15N3. The molecule has 0 spiro atoms. The van der Waals surface area contributed by atoms with Gasteiger partial charge >= 0.3 is 0 Å². The van der Waals surface area contributed by atoms with E-state index in [0.29, 0.717) is 0 Å². The van der Waals surface area contributed by atoms with E-state index in [0.717, 1.165) is 19.5 Å². The van der Waals surface area contributed by atoms with E-state index in [1.54, 1.807) is 0 Å². The molecular weight excluding hydrogens is 234 g/mol. The molecule has 19 heavy (non-hydrogen) atoms. The first-order valence-electron chi connectivity index (χ1n) is 6.67. The third-order valence-corrected chi connectivity index (χ3v) is 3.87. The maximum absolute atomic E-state index is 4.10. The second-order valence-corrected chi connectivity index (χ2v) is 4.97. The van der Waals surface area contributed by atoms with Crippen molar-refractivity contribution < 1.29 is 0 Å². The summed E-state index contributed by atoms with van der Waals surface area (Å²) in [7, 11) is 0. The Balaban J connectivity index is 2.00. The molecule has 4 rings (SSSR count). The van der Waals surface area contributed by atoms with Gasteiger partial charge in [-0.2, -0.15) is 0 Å². The van der Waals surface area contributed by atoms with Gasteiger partial charge in [0, 0.05) is 48.5 Å². The Morgan fingerprint density at radius 3 is 2.84 bits per heavy atom. The molecule has 0 fully saturated rings. The van der Waals surface area contributed by atoms with E-state index in [1.807, 2.05) is 12.4 Å². The van der Waals surface area contributed by atoms with Crippen LogP contribution in [0.5, 0.6) is 0 Å². The Labute approximate surface area is 111 Å². The van der Waals surface area contributed by atoms with Gasteiger partial charge in [-0.15, -0.1) is 0 Å². The first-order valence-corrected chi connectivity index (χ1v) is 6.67. The van der Waals surface area contributed by atoms with Gasteiger partial charge in [0.15, 0.2) is 0 Å². The first-order chi connectivity index (χ1) is 9.43. The van der Waals surface area contributed by atoms with Crippen LogP contribution in [0.2, 0.25) is 0 Å². The number of hydrogen-bond acceptors (Lipinski definition) is 2. The van der Waals surface area contributed by atoms with Gasteiger partial charge in [0.2, 0.25) is 0 Å². The molecule has 0 saturated heterocycles. The summed E-state index contributed by atoms with van der Waals surface area (Å²) in [5, 5.41) is 4.79. The smallest absolute Gasteiger partial charge is 0.0539 e. The van der Waals surface area contributed by atoms with Gasteiger partial charge in [-0.3, -0.25) is 4.98 Å². The highest BCUT2D eigenvalue weighted by Gasteiger charge is 2.16. The van der Waals surface area contributed by atoms with Crippen LogP contribution in [-0.4, -0.2) is 16.5 Å². The third-order valence-electron chi connectivity index (χ3n) is 3.87. The Hall–Kier alpha value is -2.13. The minimum atomic E-state index is 0.967. The summed E-state index contributed by atoms with van der Waals surface area (Å²) in [6, 6.07) is 10.6. The Morgan fingerprint density at radius 1 is 1.05 bits per heavy atom. The molecule has 3 nitrogen and oxygen atoms in total. The number of aromatic amines is 1. The maximum Gasteiger partial charge on any atom is 0.0539 e. The van der Waals surface area contributed by atoms with Crippen molar-refractivity contribution in [3.8, 4) is 11.1 Å². The molecule has 2 aromatic heterocycles. The van der Waals surface area contributed by atoms with Crippen molar-refractivity contribution in [1.29, 1.82) is 0 Å². The van der Waals surface area contributed by atoms with Gasteiger partial charge in [-0.05, 0) is 23.3 Å². The molecule has 94 valence electrons. The van der Waals surface area contributed by atoms with Crippen LogP contribution in [-0.2, 0) is 13.0 Å². The number of nitrogens with zero attached hydrogens (tertiary/aromatic N) is 1. The van der Waals surface area contributed by atoms with Gasteiger partial charge in [0.05, 0.1) is 5.52 Å².